The maximum atomic E-state index is 10.2. The van der Waals surface area contributed by atoms with Gasteiger partial charge in [-0.25, -0.2) is 0 Å². The minimum atomic E-state index is -0.382. The molecule has 0 saturated carbocycles. The highest BCUT2D eigenvalue weighted by Gasteiger charge is 2.19. The van der Waals surface area contributed by atoms with Crippen LogP contribution in [-0.4, -0.2) is 5.11 Å². The summed E-state index contributed by atoms with van der Waals surface area (Å²) in [7, 11) is 0. The van der Waals surface area contributed by atoms with E-state index in [4.69, 9.17) is 0 Å². The smallest absolute Gasteiger partial charge is 0.0841 e. The molecule has 1 heterocycles. The van der Waals surface area contributed by atoms with Crippen LogP contribution in [0.25, 0.3) is 0 Å². The number of rotatable bonds is 0. The van der Waals surface area contributed by atoms with E-state index in [1.165, 1.54) is 15.4 Å². The highest BCUT2D eigenvalue weighted by molar-refractivity contribution is 7.99. The second kappa shape index (κ2) is 3.96. The van der Waals surface area contributed by atoms with Gasteiger partial charge < -0.3 is 5.11 Å². The Kier molecular flexibility index (Phi) is 2.46. The van der Waals surface area contributed by atoms with Gasteiger partial charge in [0.05, 0.1) is 6.10 Å². The summed E-state index contributed by atoms with van der Waals surface area (Å²) in [6, 6.07) is 16.4. The van der Waals surface area contributed by atoms with Crippen molar-refractivity contribution in [2.75, 3.05) is 0 Å². The molecule has 0 bridgehead atoms. The van der Waals surface area contributed by atoms with E-state index < -0.39 is 0 Å². The zero-order chi connectivity index (χ0) is 11.0. The molecule has 0 unspecified atom stereocenters. The van der Waals surface area contributed by atoms with E-state index in [9.17, 15) is 5.11 Å². The van der Waals surface area contributed by atoms with Crippen LogP contribution in [0.2, 0.25) is 0 Å². The molecular formula is C14H12OS. The van der Waals surface area contributed by atoms with Crippen molar-refractivity contribution in [2.45, 2.75) is 22.3 Å². The van der Waals surface area contributed by atoms with Gasteiger partial charge in [0.2, 0.25) is 0 Å². The number of hydrogen-bond donors (Lipinski definition) is 1. The van der Waals surface area contributed by atoms with Crippen molar-refractivity contribution in [3.8, 4) is 0 Å². The average molecular weight is 228 g/mol. The number of benzene rings is 2. The Bertz CT molecular complexity index is 522. The maximum absolute atomic E-state index is 10.2. The highest BCUT2D eigenvalue weighted by Crippen LogP contribution is 2.40. The molecule has 2 aromatic rings. The van der Waals surface area contributed by atoms with Crippen LogP contribution in [0.4, 0.5) is 0 Å². The predicted molar refractivity (Wildman–Crippen MR) is 65.7 cm³/mol. The Morgan fingerprint density at radius 3 is 2.50 bits per heavy atom. The van der Waals surface area contributed by atoms with Crippen LogP contribution >= 0.6 is 11.8 Å². The van der Waals surface area contributed by atoms with Gasteiger partial charge in [0.1, 0.15) is 0 Å². The third-order valence-corrected chi connectivity index (χ3v) is 4.09. The van der Waals surface area contributed by atoms with E-state index in [1.54, 1.807) is 11.8 Å². The molecule has 0 radical (unpaired) electrons. The fraction of sp³-hybridized carbons (Fsp3) is 0.143. The SMILES string of the molecule is O[C@@H]1Cc2ccccc2Sc2ccccc21. The summed E-state index contributed by atoms with van der Waals surface area (Å²) >= 11 is 1.75. The molecule has 80 valence electrons. The summed E-state index contributed by atoms with van der Waals surface area (Å²) in [6.07, 6.45) is 0.326. The summed E-state index contributed by atoms with van der Waals surface area (Å²) in [5.41, 5.74) is 2.28. The van der Waals surface area contributed by atoms with Gasteiger partial charge in [-0.15, -0.1) is 0 Å². The predicted octanol–water partition coefficient (Wildman–Crippen LogP) is 3.43. The van der Waals surface area contributed by atoms with Crippen LogP contribution in [0.3, 0.4) is 0 Å². The molecule has 1 atom stereocenters. The van der Waals surface area contributed by atoms with Gasteiger partial charge in [-0.05, 0) is 23.3 Å². The van der Waals surface area contributed by atoms with E-state index in [2.05, 4.69) is 18.2 Å². The monoisotopic (exact) mass is 228 g/mol. The molecule has 0 aliphatic carbocycles. The van der Waals surface area contributed by atoms with Crippen LogP contribution in [0.1, 0.15) is 17.2 Å². The molecule has 0 spiro atoms. The lowest BCUT2D eigenvalue weighted by Crippen LogP contribution is -2.00. The first kappa shape index (κ1) is 9.94. The molecule has 2 heteroatoms. The van der Waals surface area contributed by atoms with E-state index in [-0.39, 0.29) is 6.10 Å². The third-order valence-electron chi connectivity index (χ3n) is 2.88. The van der Waals surface area contributed by atoms with Gasteiger partial charge in [-0.2, -0.15) is 0 Å². The molecular weight excluding hydrogens is 216 g/mol. The lowest BCUT2D eigenvalue weighted by atomic mass is 10.0. The lowest BCUT2D eigenvalue weighted by molar-refractivity contribution is 0.175. The molecule has 1 nitrogen and oxygen atoms in total. The van der Waals surface area contributed by atoms with E-state index in [1.807, 2.05) is 30.3 Å². The summed E-state index contributed by atoms with van der Waals surface area (Å²) in [5, 5.41) is 10.2. The molecule has 0 amide bonds. The van der Waals surface area contributed by atoms with Crippen LogP contribution < -0.4 is 0 Å². The van der Waals surface area contributed by atoms with E-state index in [0.717, 1.165) is 5.56 Å². The number of hydrogen-bond acceptors (Lipinski definition) is 2. The zero-order valence-corrected chi connectivity index (χ0v) is 9.58. The van der Waals surface area contributed by atoms with Crippen molar-refractivity contribution in [1.29, 1.82) is 0 Å². The molecule has 16 heavy (non-hydrogen) atoms. The fourth-order valence-electron chi connectivity index (χ4n) is 2.06. The first-order valence-electron chi connectivity index (χ1n) is 5.37. The van der Waals surface area contributed by atoms with Crippen molar-refractivity contribution in [2.24, 2.45) is 0 Å². The normalized spacial score (nSPS) is 18.4. The largest absolute Gasteiger partial charge is 0.388 e. The van der Waals surface area contributed by atoms with Crippen LogP contribution in [-0.2, 0) is 6.42 Å². The Balaban J connectivity index is 2.15. The maximum Gasteiger partial charge on any atom is 0.0841 e. The Labute approximate surface area is 99.1 Å². The molecule has 1 aliphatic rings. The molecule has 0 saturated heterocycles. The molecule has 2 aromatic carbocycles. The minimum Gasteiger partial charge on any atom is -0.388 e. The second-order valence-electron chi connectivity index (χ2n) is 3.97. The fourth-order valence-corrected chi connectivity index (χ4v) is 3.19. The number of fused-ring (bicyclic) bond motifs is 2. The number of aliphatic hydroxyl groups is 1. The first-order chi connectivity index (χ1) is 7.84. The number of aliphatic hydroxyl groups excluding tert-OH is 1. The average Bonchev–Trinajstić information content (AvgIpc) is 2.45. The van der Waals surface area contributed by atoms with Crippen molar-refractivity contribution in [3.63, 3.8) is 0 Å². The van der Waals surface area contributed by atoms with Gasteiger partial charge >= 0.3 is 0 Å². The van der Waals surface area contributed by atoms with Crippen molar-refractivity contribution in [1.82, 2.24) is 0 Å². The molecule has 1 N–H and O–H groups in total. The quantitative estimate of drug-likeness (QED) is 0.745. The molecule has 1 aliphatic heterocycles. The Morgan fingerprint density at radius 2 is 1.62 bits per heavy atom. The van der Waals surface area contributed by atoms with Gasteiger partial charge in [0, 0.05) is 16.2 Å². The Hall–Kier alpha value is -1.25. The van der Waals surface area contributed by atoms with E-state index in [0.29, 0.717) is 6.42 Å². The van der Waals surface area contributed by atoms with Crippen LogP contribution in [0.15, 0.2) is 58.3 Å². The first-order valence-corrected chi connectivity index (χ1v) is 6.19. The third kappa shape index (κ3) is 1.64. The second-order valence-corrected chi connectivity index (χ2v) is 5.05. The highest BCUT2D eigenvalue weighted by atomic mass is 32.2. The van der Waals surface area contributed by atoms with Crippen molar-refractivity contribution in [3.05, 3.63) is 59.7 Å². The standard InChI is InChI=1S/C14H12OS/c15-12-9-10-5-1-3-7-13(10)16-14-8-4-2-6-11(12)14/h1-8,12,15H,9H2/t12-/m1/s1. The summed E-state index contributed by atoms with van der Waals surface area (Å²) in [4.78, 5) is 2.42. The lowest BCUT2D eigenvalue weighted by Gasteiger charge is -2.10. The molecule has 0 fully saturated rings. The van der Waals surface area contributed by atoms with Gasteiger partial charge in [0.25, 0.3) is 0 Å². The van der Waals surface area contributed by atoms with Gasteiger partial charge in [0.15, 0.2) is 0 Å². The summed E-state index contributed by atoms with van der Waals surface area (Å²) < 4.78 is 0. The van der Waals surface area contributed by atoms with E-state index >= 15 is 0 Å². The van der Waals surface area contributed by atoms with Crippen LogP contribution in [0, 0.1) is 0 Å². The molecule has 3 rings (SSSR count). The van der Waals surface area contributed by atoms with Gasteiger partial charge in [-0.3, -0.25) is 0 Å². The van der Waals surface area contributed by atoms with Crippen LogP contribution in [0.5, 0.6) is 0 Å². The zero-order valence-electron chi connectivity index (χ0n) is 8.76. The van der Waals surface area contributed by atoms with Gasteiger partial charge in [-0.1, -0.05) is 48.2 Å². The summed E-state index contributed by atoms with van der Waals surface area (Å²) in [6.45, 7) is 0. The van der Waals surface area contributed by atoms with Crippen molar-refractivity contribution >= 4 is 11.8 Å². The topological polar surface area (TPSA) is 20.2 Å². The molecule has 0 aromatic heterocycles. The minimum absolute atomic E-state index is 0.382. The summed E-state index contributed by atoms with van der Waals surface area (Å²) in [5.74, 6) is 0. The van der Waals surface area contributed by atoms with Crippen molar-refractivity contribution < 1.29 is 5.11 Å². The Morgan fingerprint density at radius 1 is 0.938 bits per heavy atom.